The van der Waals surface area contributed by atoms with Crippen LogP contribution in [0, 0.1) is 28.4 Å². The fourth-order valence-corrected chi connectivity index (χ4v) is 7.24. The number of aryl methyl sites for hydroxylation is 1. The van der Waals surface area contributed by atoms with Gasteiger partial charge in [-0.15, -0.1) is 0 Å². The number of nitrogens with zero attached hydrogens (tertiary/aromatic N) is 3. The Morgan fingerprint density at radius 1 is 0.860 bits per heavy atom. The van der Waals surface area contributed by atoms with Crippen LogP contribution in [0.3, 0.4) is 0 Å². The summed E-state index contributed by atoms with van der Waals surface area (Å²) in [5.41, 5.74) is 0.647. The van der Waals surface area contributed by atoms with Gasteiger partial charge in [0.25, 0.3) is 5.69 Å². The molecule has 2 unspecified atom stereocenters. The Hall–Kier alpha value is -4.69. The van der Waals surface area contributed by atoms with Crippen molar-refractivity contribution in [3.05, 3.63) is 129 Å². The molecule has 0 bridgehead atoms. The zero-order valence-electron chi connectivity index (χ0n) is 26.9. The molecule has 16 heteroatoms. The number of alkyl halides is 3. The molecular weight excluding hydrogens is 696 g/mol. The molecule has 3 aromatic carbocycles. The third-order valence-electron chi connectivity index (χ3n) is 6.98. The van der Waals surface area contributed by atoms with Gasteiger partial charge in [0, 0.05) is 56.4 Å². The van der Waals surface area contributed by atoms with Crippen molar-refractivity contribution >= 4 is 38.8 Å². The summed E-state index contributed by atoms with van der Waals surface area (Å²) in [6.07, 6.45) is -4.66. The van der Waals surface area contributed by atoms with E-state index >= 15 is 0 Å². The number of aliphatic hydroxyl groups is 2. The molecule has 11 nitrogen and oxygen atoms in total. The average Bonchev–Trinajstić information content (AvgIpc) is 3.08. The number of hydrogen-bond donors (Lipinski definition) is 4. The van der Waals surface area contributed by atoms with E-state index in [-0.39, 0.29) is 41.8 Å². The zero-order valence-corrected chi connectivity index (χ0v) is 28.5. The maximum atomic E-state index is 13.0. The highest BCUT2D eigenvalue weighted by Crippen LogP contribution is 2.33. The second kappa shape index (κ2) is 19.5. The van der Waals surface area contributed by atoms with Crippen molar-refractivity contribution in [3.63, 3.8) is 0 Å². The minimum Gasteiger partial charge on any atom is -0.394 e. The lowest BCUT2D eigenvalue weighted by atomic mass is 10.1. The maximum Gasteiger partial charge on any atom is 0.417 e. The lowest BCUT2D eigenvalue weighted by Crippen LogP contribution is -2.31. The number of anilines is 2. The summed E-state index contributed by atoms with van der Waals surface area (Å²) in [5, 5.41) is 44.3. The Morgan fingerprint density at radius 3 is 1.82 bits per heavy atom. The van der Waals surface area contributed by atoms with Gasteiger partial charge in [-0.3, -0.25) is 18.5 Å². The van der Waals surface area contributed by atoms with Crippen molar-refractivity contribution in [2.24, 2.45) is 0 Å². The number of nitrogens with one attached hydrogen (secondary N) is 2. The quantitative estimate of drug-likeness (QED) is 0.0924. The summed E-state index contributed by atoms with van der Waals surface area (Å²) in [6, 6.07) is 25.1. The fraction of sp³-hybridized carbons (Fsp3) is 0.294. The van der Waals surface area contributed by atoms with Crippen LogP contribution in [0.15, 0.2) is 91.0 Å². The monoisotopic (exact) mass is 731 g/mol. The first-order chi connectivity index (χ1) is 23.8. The molecule has 0 radical (unpaired) electrons. The van der Waals surface area contributed by atoms with Gasteiger partial charge in [0.1, 0.15) is 11.5 Å². The van der Waals surface area contributed by atoms with Crippen molar-refractivity contribution in [2.45, 2.75) is 36.7 Å². The fourth-order valence-electron chi connectivity index (χ4n) is 4.60. The Morgan fingerprint density at radius 2 is 1.38 bits per heavy atom. The number of halogens is 3. The largest absolute Gasteiger partial charge is 0.417 e. The van der Waals surface area contributed by atoms with E-state index in [1.54, 1.807) is 6.92 Å². The molecule has 0 saturated heterocycles. The van der Waals surface area contributed by atoms with Gasteiger partial charge in [-0.2, -0.15) is 18.4 Å². The van der Waals surface area contributed by atoms with Gasteiger partial charge in [-0.05, 0) is 42.3 Å². The number of rotatable bonds is 15. The predicted molar refractivity (Wildman–Crippen MR) is 187 cm³/mol. The van der Waals surface area contributed by atoms with Crippen LogP contribution in [-0.2, 0) is 39.3 Å². The molecule has 0 aliphatic rings. The number of aliphatic hydroxyl groups excluding tert-OH is 2. The molecule has 50 heavy (non-hydrogen) atoms. The lowest BCUT2D eigenvalue weighted by Gasteiger charge is -2.19. The number of aromatic nitrogens is 1. The van der Waals surface area contributed by atoms with Crippen molar-refractivity contribution in [1.29, 1.82) is 5.26 Å². The second-order valence-electron chi connectivity index (χ2n) is 10.9. The Bertz CT molecular complexity index is 1790. The highest BCUT2D eigenvalue weighted by molar-refractivity contribution is 7.84. The van der Waals surface area contributed by atoms with Crippen LogP contribution >= 0.6 is 0 Å². The van der Waals surface area contributed by atoms with E-state index in [1.165, 1.54) is 24.3 Å². The summed E-state index contributed by atoms with van der Waals surface area (Å²) in [5.74, 6) is 1.44. The van der Waals surface area contributed by atoms with Crippen LogP contribution in [0.1, 0.15) is 27.9 Å². The van der Waals surface area contributed by atoms with Gasteiger partial charge in [-0.1, -0.05) is 60.7 Å². The normalized spacial score (nSPS) is 13.5. The van der Waals surface area contributed by atoms with E-state index in [9.17, 15) is 41.9 Å². The molecule has 1 aromatic heterocycles. The molecule has 0 spiro atoms. The van der Waals surface area contributed by atoms with Crippen molar-refractivity contribution in [1.82, 2.24) is 4.98 Å². The molecule has 0 amide bonds. The first kappa shape index (κ1) is 39.7. The summed E-state index contributed by atoms with van der Waals surface area (Å²) in [7, 11) is -2.45. The predicted octanol–water partition coefficient (Wildman–Crippen LogP) is 5.32. The third-order valence-corrected chi connectivity index (χ3v) is 9.84. The van der Waals surface area contributed by atoms with E-state index < -0.39 is 55.9 Å². The second-order valence-corrected chi connectivity index (χ2v) is 14.0. The standard InChI is InChI=1S/C18H17F3N2O2S.C16H19N3O4S/c19-18(20,21)17-8-15(7-6-14(17)9-22)23-16(10-24)12-26(25)11-13-4-2-1-3-5-13;1-12-15(19(21)22)7-8-16(17-12)18-14(9-20)11-24(23)10-13-5-3-2-4-6-13/h1-8,16,23-24H,10-12H2;2-8,14,20H,9-11H2,1H3,(H,17,18)/t16-,26?;14-,24?/m11/s1. The Labute approximate surface area is 292 Å². The summed E-state index contributed by atoms with van der Waals surface area (Å²) in [6.45, 7) is 0.949. The van der Waals surface area contributed by atoms with E-state index in [1.807, 2.05) is 60.7 Å². The molecule has 4 rings (SSSR count). The molecule has 0 aliphatic heterocycles. The van der Waals surface area contributed by atoms with Crippen LogP contribution in [0.5, 0.6) is 0 Å². The SMILES string of the molecule is Cc1nc(N[C@H](CO)CS(=O)Cc2ccccc2)ccc1[N+](=O)[O-].N#Cc1ccc(N[C@H](CO)CS(=O)Cc2ccccc2)cc1C(F)(F)F. The topological polar surface area (TPSA) is 178 Å². The number of pyridine rings is 1. The molecule has 0 aliphatic carbocycles. The van der Waals surface area contributed by atoms with E-state index in [2.05, 4.69) is 15.6 Å². The van der Waals surface area contributed by atoms with Crippen molar-refractivity contribution in [2.75, 3.05) is 35.4 Å². The molecule has 0 saturated carbocycles. The third kappa shape index (κ3) is 13.0. The smallest absolute Gasteiger partial charge is 0.394 e. The summed E-state index contributed by atoms with van der Waals surface area (Å²) < 4.78 is 63.5. The van der Waals surface area contributed by atoms with Gasteiger partial charge in [0.05, 0.1) is 47.4 Å². The number of nitriles is 1. The first-order valence-corrected chi connectivity index (χ1v) is 18.1. The highest BCUT2D eigenvalue weighted by Gasteiger charge is 2.34. The Kier molecular flexibility index (Phi) is 15.5. The van der Waals surface area contributed by atoms with Crippen LogP contribution in [0.4, 0.5) is 30.4 Å². The first-order valence-electron chi connectivity index (χ1n) is 15.1. The van der Waals surface area contributed by atoms with E-state index in [0.717, 1.165) is 23.3 Å². The number of benzene rings is 3. The van der Waals surface area contributed by atoms with Crippen LogP contribution < -0.4 is 10.6 Å². The summed E-state index contributed by atoms with van der Waals surface area (Å²) in [4.78, 5) is 14.4. The summed E-state index contributed by atoms with van der Waals surface area (Å²) >= 11 is 0. The molecule has 0 fully saturated rings. The number of nitro groups is 1. The van der Waals surface area contributed by atoms with Crippen LogP contribution in [0.2, 0.25) is 0 Å². The van der Waals surface area contributed by atoms with E-state index in [0.29, 0.717) is 17.3 Å². The molecule has 266 valence electrons. The Balaban J connectivity index is 0.000000271. The molecule has 4 aromatic rings. The van der Waals surface area contributed by atoms with Crippen LogP contribution in [-0.4, -0.2) is 65.3 Å². The molecular formula is C34H36F3N5O6S2. The lowest BCUT2D eigenvalue weighted by molar-refractivity contribution is -0.385. The van der Waals surface area contributed by atoms with Crippen LogP contribution in [0.25, 0.3) is 0 Å². The van der Waals surface area contributed by atoms with E-state index in [4.69, 9.17) is 5.26 Å². The number of hydrogen-bond acceptors (Lipinski definition) is 10. The zero-order chi connectivity index (χ0) is 36.7. The minimum absolute atomic E-state index is 0.0613. The van der Waals surface area contributed by atoms with Crippen molar-refractivity contribution in [3.8, 4) is 6.07 Å². The molecule has 4 atom stereocenters. The van der Waals surface area contributed by atoms with Gasteiger partial charge < -0.3 is 20.8 Å². The average molecular weight is 732 g/mol. The van der Waals surface area contributed by atoms with Gasteiger partial charge >= 0.3 is 6.18 Å². The van der Waals surface area contributed by atoms with Crippen molar-refractivity contribution < 1.29 is 36.7 Å². The maximum absolute atomic E-state index is 13.0. The van der Waals surface area contributed by atoms with Gasteiger partial charge in [-0.25, -0.2) is 4.98 Å². The molecule has 4 N–H and O–H groups in total. The van der Waals surface area contributed by atoms with Gasteiger partial charge in [0.15, 0.2) is 0 Å². The van der Waals surface area contributed by atoms with Gasteiger partial charge in [0.2, 0.25) is 0 Å². The molecule has 1 heterocycles. The minimum atomic E-state index is -4.66. The highest BCUT2D eigenvalue weighted by atomic mass is 32.2.